The Morgan fingerprint density at radius 2 is 2.00 bits per heavy atom. The molecule has 0 unspecified atom stereocenters. The van der Waals surface area contributed by atoms with Crippen molar-refractivity contribution in [3.05, 3.63) is 35.4 Å². The third kappa shape index (κ3) is 8.23. The number of halogens is 1. The lowest BCUT2D eigenvalue weighted by molar-refractivity contribution is 0.0963. The third-order valence-electron chi connectivity index (χ3n) is 3.58. The van der Waals surface area contributed by atoms with Gasteiger partial charge in [0.15, 0.2) is 5.96 Å². The lowest BCUT2D eigenvalue weighted by Gasteiger charge is -2.23. The molecule has 136 valence electrons. The van der Waals surface area contributed by atoms with E-state index in [0.717, 1.165) is 31.0 Å². The van der Waals surface area contributed by atoms with Gasteiger partial charge in [0, 0.05) is 37.5 Å². The highest BCUT2D eigenvalue weighted by molar-refractivity contribution is 14.0. The van der Waals surface area contributed by atoms with E-state index in [9.17, 15) is 4.79 Å². The molecule has 0 aliphatic heterocycles. The van der Waals surface area contributed by atoms with Crippen LogP contribution in [-0.4, -0.2) is 50.1 Å². The van der Waals surface area contributed by atoms with Crippen LogP contribution >= 0.6 is 35.7 Å². The van der Waals surface area contributed by atoms with Crippen molar-refractivity contribution in [3.8, 4) is 0 Å². The van der Waals surface area contributed by atoms with Gasteiger partial charge in [-0.05, 0) is 44.2 Å². The minimum Gasteiger partial charge on any atom is -0.356 e. The lowest BCUT2D eigenvalue weighted by atomic mass is 10.1. The number of nitrogens with zero attached hydrogens (tertiary/aromatic N) is 1. The van der Waals surface area contributed by atoms with Crippen LogP contribution in [-0.2, 0) is 6.42 Å². The zero-order valence-electron chi connectivity index (χ0n) is 15.1. The molecule has 5 nitrogen and oxygen atoms in total. The quantitative estimate of drug-likeness (QED) is 0.330. The van der Waals surface area contributed by atoms with Crippen molar-refractivity contribution in [2.45, 2.75) is 25.0 Å². The minimum absolute atomic E-state index is 0. The molecule has 0 heterocycles. The molecule has 0 saturated carbocycles. The number of aliphatic imine (C=N–C) groups is 1. The molecule has 0 aliphatic rings. The minimum atomic E-state index is -0.0587. The van der Waals surface area contributed by atoms with Crippen LogP contribution in [0.15, 0.2) is 29.3 Å². The molecule has 1 rings (SSSR count). The van der Waals surface area contributed by atoms with Gasteiger partial charge in [-0.25, -0.2) is 0 Å². The number of amides is 1. The van der Waals surface area contributed by atoms with E-state index >= 15 is 0 Å². The molecule has 1 aromatic carbocycles. The van der Waals surface area contributed by atoms with Gasteiger partial charge in [-0.3, -0.25) is 9.79 Å². The summed E-state index contributed by atoms with van der Waals surface area (Å²) in [5.74, 6) is 0.742. The number of hydrogen-bond acceptors (Lipinski definition) is 3. The number of hydrogen-bond donors (Lipinski definition) is 3. The predicted octanol–water partition coefficient (Wildman–Crippen LogP) is 2.51. The van der Waals surface area contributed by atoms with Crippen LogP contribution in [0.4, 0.5) is 0 Å². The van der Waals surface area contributed by atoms with E-state index in [2.05, 4.69) is 41.0 Å². The van der Waals surface area contributed by atoms with Crippen LogP contribution in [0.5, 0.6) is 0 Å². The average molecular weight is 464 g/mol. The molecule has 1 amide bonds. The summed E-state index contributed by atoms with van der Waals surface area (Å²) in [4.78, 5) is 15.9. The van der Waals surface area contributed by atoms with Gasteiger partial charge in [0.2, 0.25) is 0 Å². The molecule has 0 aliphatic carbocycles. The third-order valence-corrected chi connectivity index (χ3v) is 4.83. The van der Waals surface area contributed by atoms with Crippen LogP contribution in [0.1, 0.15) is 29.8 Å². The van der Waals surface area contributed by atoms with Crippen LogP contribution in [0.3, 0.4) is 0 Å². The Labute approximate surface area is 166 Å². The molecule has 3 N–H and O–H groups in total. The van der Waals surface area contributed by atoms with E-state index in [0.29, 0.717) is 5.56 Å². The highest BCUT2D eigenvalue weighted by atomic mass is 127. The summed E-state index contributed by atoms with van der Waals surface area (Å²) in [6.07, 6.45) is 2.94. The summed E-state index contributed by atoms with van der Waals surface area (Å²) >= 11 is 1.82. The van der Waals surface area contributed by atoms with Crippen molar-refractivity contribution >= 4 is 47.6 Å². The number of nitrogens with one attached hydrogen (secondary N) is 3. The fourth-order valence-electron chi connectivity index (χ4n) is 1.93. The predicted molar refractivity (Wildman–Crippen MR) is 116 cm³/mol. The van der Waals surface area contributed by atoms with Crippen molar-refractivity contribution < 1.29 is 4.79 Å². The number of carbonyl (C=O) groups is 1. The molecule has 1 aromatic rings. The second-order valence-electron chi connectivity index (χ2n) is 5.85. The van der Waals surface area contributed by atoms with Crippen LogP contribution in [0.25, 0.3) is 0 Å². The van der Waals surface area contributed by atoms with Gasteiger partial charge in [-0.15, -0.1) is 24.0 Å². The van der Waals surface area contributed by atoms with Gasteiger partial charge in [0.1, 0.15) is 0 Å². The van der Waals surface area contributed by atoms with Crippen molar-refractivity contribution in [2.24, 2.45) is 4.99 Å². The summed E-state index contributed by atoms with van der Waals surface area (Å²) in [6, 6.07) is 7.68. The zero-order valence-corrected chi connectivity index (χ0v) is 18.2. The topological polar surface area (TPSA) is 65.5 Å². The second-order valence-corrected chi connectivity index (χ2v) is 7.36. The number of carbonyl (C=O) groups excluding carboxylic acids is 1. The smallest absolute Gasteiger partial charge is 0.251 e. The number of rotatable bonds is 7. The maximum atomic E-state index is 11.6. The highest BCUT2D eigenvalue weighted by Crippen LogP contribution is 2.19. The monoisotopic (exact) mass is 464 g/mol. The molecular formula is C17H29IN4OS. The van der Waals surface area contributed by atoms with Crippen molar-refractivity contribution in [1.82, 2.24) is 16.0 Å². The van der Waals surface area contributed by atoms with Crippen molar-refractivity contribution in [3.63, 3.8) is 0 Å². The molecule has 0 radical (unpaired) electrons. The normalized spacial score (nSPS) is 11.5. The van der Waals surface area contributed by atoms with E-state index in [1.165, 1.54) is 0 Å². The molecule has 0 bridgehead atoms. The first-order valence-corrected chi connectivity index (χ1v) is 8.95. The summed E-state index contributed by atoms with van der Waals surface area (Å²) < 4.78 is 0.166. The lowest BCUT2D eigenvalue weighted by Crippen LogP contribution is -2.43. The van der Waals surface area contributed by atoms with Gasteiger partial charge in [0.05, 0.1) is 0 Å². The van der Waals surface area contributed by atoms with E-state index in [-0.39, 0.29) is 34.6 Å². The van der Waals surface area contributed by atoms with Gasteiger partial charge >= 0.3 is 0 Å². The van der Waals surface area contributed by atoms with E-state index in [1.807, 2.05) is 36.0 Å². The Morgan fingerprint density at radius 3 is 2.58 bits per heavy atom. The Kier molecular flexibility index (Phi) is 11.1. The summed E-state index contributed by atoms with van der Waals surface area (Å²) in [5, 5.41) is 9.29. The highest BCUT2D eigenvalue weighted by Gasteiger charge is 2.15. The first-order valence-electron chi connectivity index (χ1n) is 7.72. The molecule has 0 atom stereocenters. The number of guanidine groups is 1. The molecule has 24 heavy (non-hydrogen) atoms. The number of thioether (sulfide) groups is 1. The van der Waals surface area contributed by atoms with Gasteiger partial charge in [0.25, 0.3) is 5.91 Å². The number of benzene rings is 1. The van der Waals surface area contributed by atoms with Crippen LogP contribution < -0.4 is 16.0 Å². The summed E-state index contributed by atoms with van der Waals surface area (Å²) in [5.41, 5.74) is 1.81. The van der Waals surface area contributed by atoms with Gasteiger partial charge < -0.3 is 16.0 Å². The maximum absolute atomic E-state index is 11.6. The van der Waals surface area contributed by atoms with Crippen LogP contribution in [0.2, 0.25) is 0 Å². The van der Waals surface area contributed by atoms with E-state index in [4.69, 9.17) is 0 Å². The summed E-state index contributed by atoms with van der Waals surface area (Å²) in [6.45, 7) is 6.00. The first kappa shape index (κ1) is 23.0. The van der Waals surface area contributed by atoms with Crippen molar-refractivity contribution in [2.75, 3.05) is 33.4 Å². The Hall–Kier alpha value is -0.960. The van der Waals surface area contributed by atoms with Gasteiger partial charge in [-0.2, -0.15) is 11.8 Å². The Morgan fingerprint density at radius 1 is 1.29 bits per heavy atom. The standard InChI is InChI=1S/C17H28N4OS.HI/c1-17(2,23-5)12-21-16(19-4)20-10-9-13-7-6-8-14(11-13)15(22)18-3;/h6-8,11H,9-10,12H2,1-5H3,(H,18,22)(H2,19,20,21);1H. The fraction of sp³-hybridized carbons (Fsp3) is 0.529. The van der Waals surface area contributed by atoms with Crippen LogP contribution in [0, 0.1) is 0 Å². The van der Waals surface area contributed by atoms with E-state index in [1.54, 1.807) is 14.1 Å². The molecule has 0 saturated heterocycles. The largest absolute Gasteiger partial charge is 0.356 e. The first-order chi connectivity index (χ1) is 10.9. The Bertz CT molecular complexity index is 549. The molecular weight excluding hydrogens is 435 g/mol. The molecule has 0 spiro atoms. The van der Waals surface area contributed by atoms with E-state index < -0.39 is 0 Å². The average Bonchev–Trinajstić information content (AvgIpc) is 2.57. The fourth-order valence-corrected chi connectivity index (χ4v) is 2.14. The molecule has 0 fully saturated rings. The Balaban J connectivity index is 0.00000529. The SMILES string of the molecule is CN=C(NCCc1cccc(C(=O)NC)c1)NCC(C)(C)SC.I. The van der Waals surface area contributed by atoms with Crippen molar-refractivity contribution in [1.29, 1.82) is 0 Å². The van der Waals surface area contributed by atoms with Gasteiger partial charge in [-0.1, -0.05) is 12.1 Å². The zero-order chi connectivity index (χ0) is 17.3. The molecule has 7 heteroatoms. The second kappa shape index (κ2) is 11.6. The maximum Gasteiger partial charge on any atom is 0.251 e. The molecule has 0 aromatic heterocycles. The summed E-state index contributed by atoms with van der Waals surface area (Å²) in [7, 11) is 3.41.